The molecule has 2 bridgehead atoms. The van der Waals surface area contributed by atoms with Crippen LogP contribution < -0.4 is 0 Å². The van der Waals surface area contributed by atoms with Crippen molar-refractivity contribution in [2.24, 2.45) is 0 Å². The van der Waals surface area contributed by atoms with Gasteiger partial charge >= 0.3 is 0 Å². The van der Waals surface area contributed by atoms with Gasteiger partial charge in [0.05, 0.1) is 19.9 Å². The third-order valence-corrected chi connectivity index (χ3v) is 8.67. The Kier molecular flexibility index (Phi) is 6.48. The van der Waals surface area contributed by atoms with Crippen LogP contribution in [0.15, 0.2) is 48.7 Å². The number of hydrogen-bond acceptors (Lipinski definition) is 3. The van der Waals surface area contributed by atoms with Crippen LogP contribution in [-0.2, 0) is 0 Å². The summed E-state index contributed by atoms with van der Waals surface area (Å²) in [4.78, 5) is 8.69. The zero-order valence-electron chi connectivity index (χ0n) is 17.0. The van der Waals surface area contributed by atoms with Gasteiger partial charge in [-0.1, -0.05) is 59.1 Å². The first kappa shape index (κ1) is 22.1. The molecule has 2 fully saturated rings. The smallest absolute Gasteiger partial charge is 0.0983 e. The molecule has 2 nitrogen and oxygen atoms in total. The second-order valence-corrected chi connectivity index (χ2v) is 10.3. The standard InChI is InChI=1S/C24H24Cl2N2S.ClH/c1-14-3-5-15(6-4-14)18-12-17-8-10-21(28(17)2)23(18)24-27-13-22(29-24)16-7-9-19(25)20(26)11-16;/h3-7,9,11,13,17-18,21,23H,8,10,12H2,1-2H3;1H/t17-,18+,21+,23-;/m0./s1. The Morgan fingerprint density at radius 2 is 1.80 bits per heavy atom. The number of hydrogen-bond donors (Lipinski definition) is 0. The highest BCUT2D eigenvalue weighted by atomic mass is 35.5. The monoisotopic (exact) mass is 478 g/mol. The van der Waals surface area contributed by atoms with Crippen LogP contribution >= 0.6 is 46.9 Å². The van der Waals surface area contributed by atoms with Crippen molar-refractivity contribution in [3.05, 3.63) is 74.8 Å². The second kappa shape index (κ2) is 8.80. The lowest BCUT2D eigenvalue weighted by Gasteiger charge is -2.42. The minimum Gasteiger partial charge on any atom is -0.300 e. The van der Waals surface area contributed by atoms with Crippen LogP contribution in [0.2, 0.25) is 10.0 Å². The fraction of sp³-hybridized carbons (Fsp3) is 0.375. The number of likely N-dealkylation sites (N-methyl/N-ethyl adjacent to an activating group) is 1. The molecule has 30 heavy (non-hydrogen) atoms. The number of thiazole rings is 1. The summed E-state index contributed by atoms with van der Waals surface area (Å²) < 4.78 is 0. The Morgan fingerprint density at radius 3 is 2.53 bits per heavy atom. The summed E-state index contributed by atoms with van der Waals surface area (Å²) >= 11 is 14.2. The highest BCUT2D eigenvalue weighted by molar-refractivity contribution is 7.15. The lowest BCUT2D eigenvalue weighted by Crippen LogP contribution is -2.44. The SMILES string of the molecule is Cc1ccc([C@H]2C[C@@H]3CC[C@H]([C@H]2c2ncc(-c4ccc(Cl)c(Cl)c4)s2)N3C)cc1.Cl. The molecule has 0 radical (unpaired) electrons. The molecule has 0 saturated carbocycles. The van der Waals surface area contributed by atoms with Gasteiger partial charge in [0.2, 0.25) is 0 Å². The van der Waals surface area contributed by atoms with Crippen molar-refractivity contribution in [3.8, 4) is 10.4 Å². The Morgan fingerprint density at radius 1 is 1.03 bits per heavy atom. The summed E-state index contributed by atoms with van der Waals surface area (Å²) in [5.41, 5.74) is 3.86. The predicted molar refractivity (Wildman–Crippen MR) is 131 cm³/mol. The zero-order chi connectivity index (χ0) is 20.1. The number of halogens is 3. The fourth-order valence-corrected chi connectivity index (χ4v) is 6.62. The fourth-order valence-electron chi connectivity index (χ4n) is 5.18. The lowest BCUT2D eigenvalue weighted by molar-refractivity contribution is 0.137. The Hall–Kier alpha value is -1.10. The first-order valence-corrected chi connectivity index (χ1v) is 11.8. The molecule has 2 aliphatic rings. The molecule has 4 atom stereocenters. The molecule has 0 amide bonds. The molecule has 2 saturated heterocycles. The van der Waals surface area contributed by atoms with Crippen LogP contribution in [0.3, 0.4) is 0 Å². The van der Waals surface area contributed by atoms with Gasteiger partial charge in [0.25, 0.3) is 0 Å². The summed E-state index contributed by atoms with van der Waals surface area (Å²) in [5.74, 6) is 0.958. The molecule has 3 heterocycles. The van der Waals surface area contributed by atoms with E-state index in [9.17, 15) is 0 Å². The van der Waals surface area contributed by atoms with Crippen LogP contribution in [0.1, 0.15) is 47.2 Å². The van der Waals surface area contributed by atoms with Crippen molar-refractivity contribution in [3.63, 3.8) is 0 Å². The maximum absolute atomic E-state index is 6.25. The summed E-state index contributed by atoms with van der Waals surface area (Å²) in [5, 5.41) is 2.42. The number of rotatable bonds is 3. The average molecular weight is 480 g/mol. The quantitative estimate of drug-likeness (QED) is 0.385. The molecule has 0 unspecified atom stereocenters. The molecular formula is C24H25Cl3N2S. The summed E-state index contributed by atoms with van der Waals surface area (Å²) in [6, 6.07) is 16.2. The van der Waals surface area contributed by atoms with E-state index in [0.29, 0.717) is 34.0 Å². The topological polar surface area (TPSA) is 16.1 Å². The third-order valence-electron chi connectivity index (χ3n) is 6.79. The van der Waals surface area contributed by atoms with Crippen LogP contribution in [0.4, 0.5) is 0 Å². The molecule has 0 N–H and O–H groups in total. The number of aryl methyl sites for hydroxylation is 1. The maximum atomic E-state index is 6.25. The van der Waals surface area contributed by atoms with Crippen LogP contribution in [0.5, 0.6) is 0 Å². The third kappa shape index (κ3) is 3.91. The van der Waals surface area contributed by atoms with Crippen molar-refractivity contribution in [2.45, 2.75) is 50.1 Å². The van der Waals surface area contributed by atoms with E-state index in [2.05, 4.69) is 43.1 Å². The van der Waals surface area contributed by atoms with Crippen LogP contribution in [0.25, 0.3) is 10.4 Å². The van der Waals surface area contributed by atoms with Gasteiger partial charge in [-0.05, 0) is 62.4 Å². The van der Waals surface area contributed by atoms with E-state index in [1.165, 1.54) is 35.4 Å². The predicted octanol–water partition coefficient (Wildman–Crippen LogP) is 7.58. The molecule has 6 heteroatoms. The average Bonchev–Trinajstić information content (AvgIpc) is 3.27. The number of piperidine rings is 1. The van der Waals surface area contributed by atoms with Gasteiger partial charge in [-0.25, -0.2) is 4.98 Å². The summed E-state index contributed by atoms with van der Waals surface area (Å²) in [7, 11) is 2.30. The molecule has 2 aliphatic heterocycles. The largest absolute Gasteiger partial charge is 0.300 e. The van der Waals surface area contributed by atoms with Crippen LogP contribution in [0, 0.1) is 6.92 Å². The first-order valence-electron chi connectivity index (χ1n) is 10.2. The Bertz CT molecular complexity index is 1030. The molecule has 2 aromatic carbocycles. The van der Waals surface area contributed by atoms with Crippen molar-refractivity contribution < 1.29 is 0 Å². The van der Waals surface area contributed by atoms with Gasteiger partial charge < -0.3 is 0 Å². The summed E-state index contributed by atoms with van der Waals surface area (Å²) in [6.07, 6.45) is 5.77. The van der Waals surface area contributed by atoms with E-state index in [1.54, 1.807) is 0 Å². The van der Waals surface area contributed by atoms with E-state index >= 15 is 0 Å². The molecule has 1 aromatic heterocycles. The number of fused-ring (bicyclic) bond motifs is 2. The second-order valence-electron chi connectivity index (χ2n) is 8.43. The Labute approximate surface area is 198 Å². The van der Waals surface area contributed by atoms with Gasteiger partial charge in [0.1, 0.15) is 0 Å². The molecular weight excluding hydrogens is 455 g/mol. The normalized spacial score (nSPS) is 25.9. The van der Waals surface area contributed by atoms with E-state index in [-0.39, 0.29) is 12.4 Å². The highest BCUT2D eigenvalue weighted by Crippen LogP contribution is 2.52. The molecule has 0 aliphatic carbocycles. The Balaban J connectivity index is 0.00000218. The van der Waals surface area contributed by atoms with Crippen molar-refractivity contribution in [1.82, 2.24) is 9.88 Å². The number of benzene rings is 2. The van der Waals surface area contributed by atoms with Crippen molar-refractivity contribution in [1.29, 1.82) is 0 Å². The molecule has 5 rings (SSSR count). The minimum atomic E-state index is 0. The van der Waals surface area contributed by atoms with Gasteiger partial charge in [0, 0.05) is 24.2 Å². The van der Waals surface area contributed by atoms with Crippen molar-refractivity contribution in [2.75, 3.05) is 7.05 Å². The highest BCUT2D eigenvalue weighted by Gasteiger charge is 2.47. The van der Waals surface area contributed by atoms with Crippen molar-refractivity contribution >= 4 is 46.9 Å². The number of nitrogens with zero attached hydrogens (tertiary/aromatic N) is 2. The van der Waals surface area contributed by atoms with E-state index < -0.39 is 0 Å². The minimum absolute atomic E-state index is 0. The molecule has 158 valence electrons. The van der Waals surface area contributed by atoms with Crippen LogP contribution in [-0.4, -0.2) is 29.0 Å². The molecule has 0 spiro atoms. The first-order chi connectivity index (χ1) is 14.0. The van der Waals surface area contributed by atoms with Gasteiger partial charge in [-0.15, -0.1) is 23.7 Å². The van der Waals surface area contributed by atoms with Gasteiger partial charge in [0.15, 0.2) is 0 Å². The summed E-state index contributed by atoms with van der Waals surface area (Å²) in [6.45, 7) is 2.16. The zero-order valence-corrected chi connectivity index (χ0v) is 20.2. The van der Waals surface area contributed by atoms with E-state index in [1.807, 2.05) is 35.7 Å². The van der Waals surface area contributed by atoms with Gasteiger partial charge in [-0.3, -0.25) is 4.90 Å². The van der Waals surface area contributed by atoms with Gasteiger partial charge in [-0.2, -0.15) is 0 Å². The molecule has 3 aromatic rings. The van der Waals surface area contributed by atoms with E-state index in [4.69, 9.17) is 28.2 Å². The van der Waals surface area contributed by atoms with E-state index in [0.717, 1.165) is 10.4 Å². The lowest BCUT2D eigenvalue weighted by atomic mass is 9.76. The maximum Gasteiger partial charge on any atom is 0.0983 e. The number of aromatic nitrogens is 1.